The Kier molecular flexibility index (Phi) is 3.21. The Morgan fingerprint density at radius 2 is 2.14 bits per heavy atom. The molecule has 2 amide bonds. The predicted octanol–water partition coefficient (Wildman–Crippen LogP) is 1.76. The molecule has 0 radical (unpaired) electrons. The predicted molar refractivity (Wildman–Crippen MR) is 79.0 cm³/mol. The lowest BCUT2D eigenvalue weighted by molar-refractivity contribution is -0.141. The third-order valence-electron chi connectivity index (χ3n) is 4.95. The summed E-state index contributed by atoms with van der Waals surface area (Å²) >= 11 is 1.46. The highest BCUT2D eigenvalue weighted by molar-refractivity contribution is 7.07. The first kappa shape index (κ1) is 13.2. The van der Waals surface area contributed by atoms with E-state index in [0.717, 1.165) is 38.8 Å². The lowest BCUT2D eigenvalue weighted by atomic mass is 9.83. The molecule has 3 heterocycles. The van der Waals surface area contributed by atoms with Crippen molar-refractivity contribution < 1.29 is 9.59 Å². The Morgan fingerprint density at radius 1 is 1.29 bits per heavy atom. The second kappa shape index (κ2) is 5.09. The summed E-state index contributed by atoms with van der Waals surface area (Å²) in [6.07, 6.45) is 4.82. The molecule has 5 nitrogen and oxygen atoms in total. The fourth-order valence-electron chi connectivity index (χ4n) is 3.78. The number of aromatic nitrogens is 1. The number of carbonyl (C=O) groups is 2. The van der Waals surface area contributed by atoms with E-state index in [9.17, 15) is 9.59 Å². The number of nitrogens with zero attached hydrogens (tertiary/aromatic N) is 3. The van der Waals surface area contributed by atoms with Crippen molar-refractivity contribution in [3.8, 4) is 0 Å². The zero-order valence-electron chi connectivity index (χ0n) is 11.9. The Balaban J connectivity index is 1.48. The standard InChI is InChI=1S/C15H19N3O2S/c19-14-4-1-10-7-17(15(20)12-8-21-9-16-12)6-5-13(10)18(14)11-2-3-11/h8-11,13H,1-7H2/t10-,13+/m1/s1. The maximum absolute atomic E-state index is 12.4. The first-order valence-corrected chi connectivity index (χ1v) is 8.67. The largest absolute Gasteiger partial charge is 0.337 e. The van der Waals surface area contributed by atoms with Crippen LogP contribution < -0.4 is 0 Å². The van der Waals surface area contributed by atoms with E-state index in [1.54, 1.807) is 5.51 Å². The summed E-state index contributed by atoms with van der Waals surface area (Å²) in [7, 11) is 0. The number of piperidine rings is 2. The minimum Gasteiger partial charge on any atom is -0.337 e. The van der Waals surface area contributed by atoms with Gasteiger partial charge in [-0.25, -0.2) is 4.98 Å². The number of carbonyl (C=O) groups excluding carboxylic acids is 2. The van der Waals surface area contributed by atoms with Crippen LogP contribution in [0.3, 0.4) is 0 Å². The van der Waals surface area contributed by atoms with Crippen LogP contribution in [0.5, 0.6) is 0 Å². The van der Waals surface area contributed by atoms with E-state index in [1.165, 1.54) is 11.3 Å². The molecule has 3 aliphatic rings. The number of hydrogen-bond acceptors (Lipinski definition) is 4. The summed E-state index contributed by atoms with van der Waals surface area (Å²) in [4.78, 5) is 32.8. The van der Waals surface area contributed by atoms with Gasteiger partial charge in [0.25, 0.3) is 5.91 Å². The number of hydrogen-bond donors (Lipinski definition) is 0. The van der Waals surface area contributed by atoms with Gasteiger partial charge in [0.15, 0.2) is 0 Å². The van der Waals surface area contributed by atoms with Crippen LogP contribution in [-0.4, -0.2) is 51.8 Å². The van der Waals surface area contributed by atoms with Crippen molar-refractivity contribution in [2.24, 2.45) is 5.92 Å². The summed E-state index contributed by atoms with van der Waals surface area (Å²) < 4.78 is 0. The SMILES string of the molecule is O=C(c1cscn1)N1CC[C@H]2[C@H](CCC(=O)N2C2CC2)C1. The molecule has 2 aliphatic heterocycles. The average Bonchev–Trinajstić information content (AvgIpc) is 3.18. The average molecular weight is 305 g/mol. The normalized spacial score (nSPS) is 29.4. The quantitative estimate of drug-likeness (QED) is 0.836. The molecular weight excluding hydrogens is 286 g/mol. The van der Waals surface area contributed by atoms with Crippen LogP contribution in [0.4, 0.5) is 0 Å². The molecule has 2 atom stereocenters. The first-order valence-electron chi connectivity index (χ1n) is 7.72. The number of thiazole rings is 1. The molecule has 0 unspecified atom stereocenters. The van der Waals surface area contributed by atoms with Gasteiger partial charge in [-0.15, -0.1) is 11.3 Å². The highest BCUT2D eigenvalue weighted by atomic mass is 32.1. The number of rotatable bonds is 2. The van der Waals surface area contributed by atoms with Gasteiger partial charge in [-0.3, -0.25) is 9.59 Å². The number of fused-ring (bicyclic) bond motifs is 1. The molecular formula is C15H19N3O2S. The summed E-state index contributed by atoms with van der Waals surface area (Å²) in [5.41, 5.74) is 2.26. The Bertz CT molecular complexity index is 555. The van der Waals surface area contributed by atoms with Crippen molar-refractivity contribution in [3.05, 3.63) is 16.6 Å². The van der Waals surface area contributed by atoms with E-state index in [-0.39, 0.29) is 5.91 Å². The molecule has 4 rings (SSSR count). The van der Waals surface area contributed by atoms with Crippen molar-refractivity contribution in [2.75, 3.05) is 13.1 Å². The van der Waals surface area contributed by atoms with Crippen LogP contribution in [0.15, 0.2) is 10.9 Å². The summed E-state index contributed by atoms with van der Waals surface area (Å²) in [5.74, 6) is 0.822. The van der Waals surface area contributed by atoms with Crippen molar-refractivity contribution in [1.82, 2.24) is 14.8 Å². The van der Waals surface area contributed by atoms with E-state index in [4.69, 9.17) is 0 Å². The van der Waals surface area contributed by atoms with Gasteiger partial charge in [-0.05, 0) is 31.6 Å². The minimum atomic E-state index is 0.0459. The molecule has 3 fully saturated rings. The van der Waals surface area contributed by atoms with Gasteiger partial charge < -0.3 is 9.80 Å². The molecule has 21 heavy (non-hydrogen) atoms. The van der Waals surface area contributed by atoms with Crippen LogP contribution in [0.2, 0.25) is 0 Å². The second-order valence-corrected chi connectivity index (χ2v) is 7.03. The summed E-state index contributed by atoms with van der Waals surface area (Å²) in [6.45, 7) is 1.52. The maximum Gasteiger partial charge on any atom is 0.273 e. The van der Waals surface area contributed by atoms with Gasteiger partial charge in [0.05, 0.1) is 5.51 Å². The van der Waals surface area contributed by atoms with Crippen molar-refractivity contribution in [2.45, 2.75) is 44.2 Å². The van der Waals surface area contributed by atoms with E-state index in [0.29, 0.717) is 36.0 Å². The zero-order valence-corrected chi connectivity index (χ0v) is 12.7. The van der Waals surface area contributed by atoms with E-state index >= 15 is 0 Å². The van der Waals surface area contributed by atoms with Gasteiger partial charge in [0, 0.05) is 37.0 Å². The molecule has 6 heteroatoms. The highest BCUT2D eigenvalue weighted by Crippen LogP contribution is 2.39. The van der Waals surface area contributed by atoms with Crippen molar-refractivity contribution >= 4 is 23.2 Å². The molecule has 1 aromatic rings. The topological polar surface area (TPSA) is 53.5 Å². The Hall–Kier alpha value is -1.43. The van der Waals surface area contributed by atoms with E-state index in [2.05, 4.69) is 9.88 Å². The first-order chi connectivity index (χ1) is 10.2. The number of amides is 2. The Labute approximate surface area is 127 Å². The van der Waals surface area contributed by atoms with Crippen molar-refractivity contribution in [3.63, 3.8) is 0 Å². The van der Waals surface area contributed by atoms with Gasteiger partial charge in [-0.2, -0.15) is 0 Å². The van der Waals surface area contributed by atoms with E-state index in [1.807, 2.05) is 10.3 Å². The van der Waals surface area contributed by atoms with Crippen LogP contribution >= 0.6 is 11.3 Å². The lowest BCUT2D eigenvalue weighted by Gasteiger charge is -2.47. The van der Waals surface area contributed by atoms with Crippen LogP contribution in [0.25, 0.3) is 0 Å². The van der Waals surface area contributed by atoms with E-state index < -0.39 is 0 Å². The molecule has 1 aliphatic carbocycles. The molecule has 0 bridgehead atoms. The zero-order chi connectivity index (χ0) is 14.4. The third kappa shape index (κ3) is 2.35. The molecule has 1 saturated carbocycles. The van der Waals surface area contributed by atoms with Gasteiger partial charge in [0.1, 0.15) is 5.69 Å². The molecule has 0 N–H and O–H groups in total. The summed E-state index contributed by atoms with van der Waals surface area (Å²) in [5, 5.41) is 1.81. The lowest BCUT2D eigenvalue weighted by Crippen LogP contribution is -2.57. The van der Waals surface area contributed by atoms with Crippen LogP contribution in [0.1, 0.15) is 42.6 Å². The van der Waals surface area contributed by atoms with Crippen molar-refractivity contribution in [1.29, 1.82) is 0 Å². The smallest absolute Gasteiger partial charge is 0.273 e. The van der Waals surface area contributed by atoms with Gasteiger partial charge in [0.2, 0.25) is 5.91 Å². The number of likely N-dealkylation sites (tertiary alicyclic amines) is 2. The molecule has 0 spiro atoms. The minimum absolute atomic E-state index is 0.0459. The molecule has 2 saturated heterocycles. The Morgan fingerprint density at radius 3 is 2.86 bits per heavy atom. The molecule has 0 aromatic carbocycles. The molecule has 112 valence electrons. The van der Waals surface area contributed by atoms with Gasteiger partial charge in [-0.1, -0.05) is 0 Å². The fourth-order valence-corrected chi connectivity index (χ4v) is 4.31. The van der Waals surface area contributed by atoms with Gasteiger partial charge >= 0.3 is 0 Å². The van der Waals surface area contributed by atoms with Crippen LogP contribution in [0, 0.1) is 5.92 Å². The second-order valence-electron chi connectivity index (χ2n) is 6.31. The third-order valence-corrected chi connectivity index (χ3v) is 5.53. The van der Waals surface area contributed by atoms with Crippen LogP contribution in [-0.2, 0) is 4.79 Å². The fraction of sp³-hybridized carbons (Fsp3) is 0.667. The maximum atomic E-state index is 12.4. The highest BCUT2D eigenvalue weighted by Gasteiger charge is 2.45. The monoisotopic (exact) mass is 305 g/mol. The molecule has 1 aromatic heterocycles. The summed E-state index contributed by atoms with van der Waals surface area (Å²) in [6, 6.07) is 0.851.